The van der Waals surface area contributed by atoms with Gasteiger partial charge in [-0.2, -0.15) is 0 Å². The molecule has 0 amide bonds. The molecule has 0 aromatic rings. The third-order valence-electron chi connectivity index (χ3n) is 4.42. The van der Waals surface area contributed by atoms with E-state index in [1.54, 1.807) is 0 Å². The van der Waals surface area contributed by atoms with Crippen LogP contribution in [0.3, 0.4) is 0 Å². The lowest BCUT2D eigenvalue weighted by molar-refractivity contribution is 0.208. The van der Waals surface area contributed by atoms with Crippen LogP contribution in [0.2, 0.25) is 0 Å². The van der Waals surface area contributed by atoms with Crippen molar-refractivity contribution in [2.24, 2.45) is 22.7 Å². The molecular weight excluding hydrogens is 236 g/mol. The quantitative estimate of drug-likeness (QED) is 0.607. The van der Waals surface area contributed by atoms with E-state index in [0.717, 1.165) is 43.3 Å². The number of nitrogens with zero attached hydrogens (tertiary/aromatic N) is 3. The van der Waals surface area contributed by atoms with Crippen LogP contribution in [0.1, 0.15) is 26.7 Å². The van der Waals surface area contributed by atoms with Crippen LogP contribution in [0.4, 0.5) is 0 Å². The Morgan fingerprint density at radius 2 is 1.89 bits per heavy atom. The highest BCUT2D eigenvalue weighted by Crippen LogP contribution is 2.21. The van der Waals surface area contributed by atoms with E-state index in [0.29, 0.717) is 0 Å². The number of guanidine groups is 1. The molecule has 0 aromatic carbocycles. The van der Waals surface area contributed by atoms with Crippen molar-refractivity contribution in [1.29, 1.82) is 0 Å². The molecule has 2 rings (SSSR count). The maximum atomic E-state index is 4.48. The van der Waals surface area contributed by atoms with Crippen LogP contribution < -0.4 is 5.32 Å². The first-order chi connectivity index (χ1) is 9.08. The highest BCUT2D eigenvalue weighted by atomic mass is 15.3. The van der Waals surface area contributed by atoms with Crippen LogP contribution in [0.5, 0.6) is 0 Å². The van der Waals surface area contributed by atoms with Crippen LogP contribution in [0, 0.1) is 17.8 Å². The van der Waals surface area contributed by atoms with E-state index in [2.05, 4.69) is 41.0 Å². The number of aliphatic imine (C=N–C) groups is 1. The summed E-state index contributed by atoms with van der Waals surface area (Å²) < 4.78 is 0. The molecule has 3 unspecified atom stereocenters. The summed E-state index contributed by atoms with van der Waals surface area (Å²) in [5.41, 5.74) is 0. The summed E-state index contributed by atoms with van der Waals surface area (Å²) >= 11 is 0. The van der Waals surface area contributed by atoms with Gasteiger partial charge in [0, 0.05) is 33.2 Å². The van der Waals surface area contributed by atoms with Crippen LogP contribution in [0.15, 0.2) is 4.99 Å². The van der Waals surface area contributed by atoms with Gasteiger partial charge in [-0.05, 0) is 44.2 Å². The van der Waals surface area contributed by atoms with Gasteiger partial charge in [0.1, 0.15) is 0 Å². The molecule has 19 heavy (non-hydrogen) atoms. The summed E-state index contributed by atoms with van der Waals surface area (Å²) in [5, 5.41) is 3.59. The fourth-order valence-corrected chi connectivity index (χ4v) is 3.60. The molecule has 0 saturated carbocycles. The van der Waals surface area contributed by atoms with Gasteiger partial charge in [-0.15, -0.1) is 0 Å². The average molecular weight is 266 g/mol. The van der Waals surface area contributed by atoms with Crippen LogP contribution in [0.25, 0.3) is 0 Å². The van der Waals surface area contributed by atoms with Gasteiger partial charge in [0.05, 0.1) is 0 Å². The molecule has 0 spiro atoms. The van der Waals surface area contributed by atoms with E-state index in [9.17, 15) is 0 Å². The summed E-state index contributed by atoms with van der Waals surface area (Å²) in [7, 11) is 4.12. The zero-order valence-corrected chi connectivity index (χ0v) is 13.0. The van der Waals surface area contributed by atoms with Crippen molar-refractivity contribution in [2.75, 3.05) is 46.8 Å². The SMILES string of the molecule is CN=C(NCC1CCN(C)C1)N1CC(C)CC(C)C1. The predicted molar refractivity (Wildman–Crippen MR) is 81.5 cm³/mol. The first kappa shape index (κ1) is 14.6. The Hall–Kier alpha value is -0.770. The number of nitrogens with one attached hydrogen (secondary N) is 1. The number of piperidine rings is 1. The van der Waals surface area contributed by atoms with E-state index in [1.807, 2.05) is 7.05 Å². The molecule has 2 saturated heterocycles. The molecule has 4 nitrogen and oxygen atoms in total. The fourth-order valence-electron chi connectivity index (χ4n) is 3.60. The second kappa shape index (κ2) is 6.60. The molecule has 2 heterocycles. The van der Waals surface area contributed by atoms with Crippen molar-refractivity contribution >= 4 is 5.96 Å². The Bertz CT molecular complexity index is 305. The third kappa shape index (κ3) is 4.10. The predicted octanol–water partition coefficient (Wildman–Crippen LogP) is 1.49. The normalized spacial score (nSPS) is 33.8. The molecule has 0 aromatic heterocycles. The van der Waals surface area contributed by atoms with Gasteiger partial charge in [0.15, 0.2) is 5.96 Å². The Morgan fingerprint density at radius 3 is 2.42 bits per heavy atom. The minimum atomic E-state index is 0.778. The maximum absolute atomic E-state index is 4.48. The Labute approximate surface area is 118 Å². The Balaban J connectivity index is 1.82. The van der Waals surface area contributed by atoms with Gasteiger partial charge in [-0.1, -0.05) is 13.8 Å². The van der Waals surface area contributed by atoms with Gasteiger partial charge in [-0.3, -0.25) is 4.99 Å². The monoisotopic (exact) mass is 266 g/mol. The minimum Gasteiger partial charge on any atom is -0.356 e. The van der Waals surface area contributed by atoms with Crippen LogP contribution in [-0.2, 0) is 0 Å². The lowest BCUT2D eigenvalue weighted by Crippen LogP contribution is -2.49. The highest BCUT2D eigenvalue weighted by Gasteiger charge is 2.25. The molecule has 2 aliphatic heterocycles. The Morgan fingerprint density at radius 1 is 1.21 bits per heavy atom. The lowest BCUT2D eigenvalue weighted by Gasteiger charge is -2.37. The standard InChI is InChI=1S/C15H30N4/c1-12-7-13(2)10-19(9-12)15(16-3)17-8-14-5-6-18(4)11-14/h12-14H,5-11H2,1-4H3,(H,16,17). The summed E-state index contributed by atoms with van der Waals surface area (Å²) in [6.45, 7) is 10.5. The number of likely N-dealkylation sites (tertiary alicyclic amines) is 2. The summed E-state index contributed by atoms with van der Waals surface area (Å²) in [6, 6.07) is 0. The zero-order valence-electron chi connectivity index (χ0n) is 13.0. The largest absolute Gasteiger partial charge is 0.356 e. The van der Waals surface area contributed by atoms with Gasteiger partial charge in [-0.25, -0.2) is 0 Å². The topological polar surface area (TPSA) is 30.9 Å². The van der Waals surface area contributed by atoms with Crippen molar-refractivity contribution < 1.29 is 0 Å². The van der Waals surface area contributed by atoms with Gasteiger partial charge < -0.3 is 15.1 Å². The fraction of sp³-hybridized carbons (Fsp3) is 0.933. The molecule has 2 fully saturated rings. The molecular formula is C15H30N4. The minimum absolute atomic E-state index is 0.778. The second-order valence-corrected chi connectivity index (χ2v) is 6.70. The molecule has 3 atom stereocenters. The molecule has 4 heteroatoms. The lowest BCUT2D eigenvalue weighted by atomic mass is 9.92. The van der Waals surface area contributed by atoms with E-state index < -0.39 is 0 Å². The average Bonchev–Trinajstić information content (AvgIpc) is 2.75. The van der Waals surface area contributed by atoms with E-state index >= 15 is 0 Å². The third-order valence-corrected chi connectivity index (χ3v) is 4.42. The maximum Gasteiger partial charge on any atom is 0.193 e. The first-order valence-corrected chi connectivity index (χ1v) is 7.72. The highest BCUT2D eigenvalue weighted by molar-refractivity contribution is 5.80. The molecule has 0 radical (unpaired) electrons. The van der Waals surface area contributed by atoms with Gasteiger partial charge >= 0.3 is 0 Å². The van der Waals surface area contributed by atoms with Crippen molar-refractivity contribution in [3.8, 4) is 0 Å². The Kier molecular flexibility index (Phi) is 5.08. The molecule has 110 valence electrons. The van der Waals surface area contributed by atoms with Crippen molar-refractivity contribution in [1.82, 2.24) is 15.1 Å². The summed E-state index contributed by atoms with van der Waals surface area (Å²) in [6.07, 6.45) is 2.66. The van der Waals surface area contributed by atoms with E-state index in [1.165, 1.54) is 25.9 Å². The summed E-state index contributed by atoms with van der Waals surface area (Å²) in [4.78, 5) is 9.34. The number of hydrogen-bond acceptors (Lipinski definition) is 2. The first-order valence-electron chi connectivity index (χ1n) is 7.72. The van der Waals surface area contributed by atoms with Gasteiger partial charge in [0.2, 0.25) is 0 Å². The molecule has 1 N–H and O–H groups in total. The van der Waals surface area contributed by atoms with E-state index in [-0.39, 0.29) is 0 Å². The van der Waals surface area contributed by atoms with Gasteiger partial charge in [0.25, 0.3) is 0 Å². The number of hydrogen-bond donors (Lipinski definition) is 1. The van der Waals surface area contributed by atoms with Crippen LogP contribution >= 0.6 is 0 Å². The molecule has 0 aliphatic carbocycles. The zero-order chi connectivity index (χ0) is 13.8. The van der Waals surface area contributed by atoms with Crippen molar-refractivity contribution in [3.05, 3.63) is 0 Å². The molecule has 0 bridgehead atoms. The summed E-state index contributed by atoms with van der Waals surface area (Å²) in [5.74, 6) is 3.44. The number of rotatable bonds is 2. The van der Waals surface area contributed by atoms with Crippen molar-refractivity contribution in [2.45, 2.75) is 26.7 Å². The van der Waals surface area contributed by atoms with Crippen molar-refractivity contribution in [3.63, 3.8) is 0 Å². The molecule has 2 aliphatic rings. The second-order valence-electron chi connectivity index (χ2n) is 6.70. The van der Waals surface area contributed by atoms with Crippen LogP contribution in [-0.4, -0.2) is 62.6 Å². The smallest absolute Gasteiger partial charge is 0.193 e. The van der Waals surface area contributed by atoms with E-state index in [4.69, 9.17) is 0 Å².